The molecule has 3 unspecified atom stereocenters. The Morgan fingerprint density at radius 1 is 0.886 bits per heavy atom. The third-order valence-electron chi connectivity index (χ3n) is 6.26. The smallest absolute Gasteiger partial charge is 0.408 e. The number of amides is 3. The van der Waals surface area contributed by atoms with Crippen LogP contribution in [0.1, 0.15) is 72.1 Å². The van der Waals surface area contributed by atoms with E-state index in [2.05, 4.69) is 10.6 Å². The fraction of sp³-hybridized carbons (Fsp3) is 0.515. The van der Waals surface area contributed by atoms with Gasteiger partial charge < -0.3 is 30.1 Å². The molecular weight excluding hydrogens is 582 g/mol. The third-order valence-corrected chi connectivity index (χ3v) is 6.90. The van der Waals surface area contributed by atoms with Crippen molar-refractivity contribution in [3.8, 4) is 5.75 Å². The number of carbonyl (C=O) groups excluding carboxylic acids is 4. The van der Waals surface area contributed by atoms with E-state index in [1.807, 2.05) is 36.6 Å². The molecule has 3 N–H and O–H groups in total. The fourth-order valence-electron chi connectivity index (χ4n) is 4.44. The first-order chi connectivity index (χ1) is 20.5. The maximum atomic E-state index is 14.2. The summed E-state index contributed by atoms with van der Waals surface area (Å²) in [5.41, 5.74) is -0.438. The van der Waals surface area contributed by atoms with E-state index in [9.17, 15) is 24.3 Å². The molecule has 3 amide bonds. The van der Waals surface area contributed by atoms with Crippen molar-refractivity contribution in [3.63, 3.8) is 0 Å². The zero-order chi connectivity index (χ0) is 33.1. The molecule has 44 heavy (non-hydrogen) atoms. The predicted molar refractivity (Wildman–Crippen MR) is 172 cm³/mol. The highest BCUT2D eigenvalue weighted by Gasteiger charge is 2.37. The van der Waals surface area contributed by atoms with Crippen molar-refractivity contribution in [2.75, 3.05) is 18.6 Å². The van der Waals surface area contributed by atoms with E-state index >= 15 is 0 Å². The Morgan fingerprint density at radius 2 is 1.52 bits per heavy atom. The lowest BCUT2D eigenvalue weighted by molar-refractivity contribution is -0.159. The number of nitrogens with one attached hydrogen (secondary N) is 2. The summed E-state index contributed by atoms with van der Waals surface area (Å²) >= 11 is 1.51. The SMILES string of the molecule is CCN(C(=O)C(CCSC)NC(=O)OC(C)(C)C)C(C(=O)NC(Cc1ccccc1)C(=O)OC(C)(C)C)c1cccc(O)c1. The average molecular weight is 630 g/mol. The van der Waals surface area contributed by atoms with Gasteiger partial charge in [0.15, 0.2) is 0 Å². The van der Waals surface area contributed by atoms with Gasteiger partial charge in [0.25, 0.3) is 0 Å². The Balaban J connectivity index is 2.51. The van der Waals surface area contributed by atoms with E-state index in [1.54, 1.807) is 60.6 Å². The Labute approximate surface area is 265 Å². The number of hydrogen-bond donors (Lipinski definition) is 3. The number of hydrogen-bond acceptors (Lipinski definition) is 8. The zero-order valence-corrected chi connectivity index (χ0v) is 27.8. The molecule has 0 bridgehead atoms. The van der Waals surface area contributed by atoms with Crippen molar-refractivity contribution in [1.29, 1.82) is 0 Å². The van der Waals surface area contributed by atoms with Crippen LogP contribution in [-0.4, -0.2) is 75.7 Å². The molecule has 0 aliphatic rings. The second-order valence-electron chi connectivity index (χ2n) is 12.4. The minimum absolute atomic E-state index is 0.0914. The van der Waals surface area contributed by atoms with Gasteiger partial charge in [-0.05, 0) is 90.2 Å². The number of thioether (sulfide) groups is 1. The van der Waals surface area contributed by atoms with E-state index < -0.39 is 53.2 Å². The van der Waals surface area contributed by atoms with Gasteiger partial charge in [-0.25, -0.2) is 9.59 Å². The summed E-state index contributed by atoms with van der Waals surface area (Å²) < 4.78 is 11.0. The van der Waals surface area contributed by atoms with Crippen LogP contribution >= 0.6 is 11.8 Å². The maximum Gasteiger partial charge on any atom is 0.408 e. The molecule has 3 atom stereocenters. The van der Waals surface area contributed by atoms with Gasteiger partial charge >= 0.3 is 12.1 Å². The molecule has 0 radical (unpaired) electrons. The van der Waals surface area contributed by atoms with Gasteiger partial charge in [-0.1, -0.05) is 42.5 Å². The second-order valence-corrected chi connectivity index (χ2v) is 13.4. The van der Waals surface area contributed by atoms with Crippen LogP contribution in [0.5, 0.6) is 5.75 Å². The lowest BCUT2D eigenvalue weighted by atomic mass is 10.0. The van der Waals surface area contributed by atoms with Crippen LogP contribution < -0.4 is 10.6 Å². The van der Waals surface area contributed by atoms with Crippen molar-refractivity contribution in [2.45, 2.75) is 90.6 Å². The quantitative estimate of drug-likeness (QED) is 0.264. The van der Waals surface area contributed by atoms with Crippen LogP contribution in [0, 0.1) is 0 Å². The number of carbonyl (C=O) groups is 4. The van der Waals surface area contributed by atoms with E-state index in [0.717, 1.165) is 5.56 Å². The molecule has 0 heterocycles. The summed E-state index contributed by atoms with van der Waals surface area (Å²) in [6.07, 6.45) is 1.59. The van der Waals surface area contributed by atoms with Crippen LogP contribution in [0.25, 0.3) is 0 Å². The number of benzene rings is 2. The molecule has 11 heteroatoms. The van der Waals surface area contributed by atoms with Gasteiger partial charge in [-0.15, -0.1) is 0 Å². The van der Waals surface area contributed by atoms with Gasteiger partial charge in [0.2, 0.25) is 11.8 Å². The summed E-state index contributed by atoms with van der Waals surface area (Å²) in [6.45, 7) is 12.2. The molecule has 0 spiro atoms. The highest BCUT2D eigenvalue weighted by atomic mass is 32.2. The zero-order valence-electron chi connectivity index (χ0n) is 27.0. The van der Waals surface area contributed by atoms with Gasteiger partial charge in [0.1, 0.15) is 35.1 Å². The second kappa shape index (κ2) is 16.4. The third kappa shape index (κ3) is 12.1. The fourth-order valence-corrected chi connectivity index (χ4v) is 4.91. The lowest BCUT2D eigenvalue weighted by Gasteiger charge is -2.34. The summed E-state index contributed by atoms with van der Waals surface area (Å²) in [7, 11) is 0. The standard InChI is InChI=1S/C33H47N3O7S/c1-9-36(29(39)25(18-19-44-8)35-31(41)43-33(5,6)7)27(23-16-13-17-24(37)21-23)28(38)34-26(30(40)42-32(2,3)4)20-22-14-11-10-12-15-22/h10-17,21,25-27,37H,9,18-20H2,1-8H3,(H,34,38)(H,35,41). The number of phenols is 1. The molecule has 242 valence electrons. The Morgan fingerprint density at radius 3 is 2.07 bits per heavy atom. The van der Waals surface area contributed by atoms with Gasteiger partial charge in [-0.3, -0.25) is 9.59 Å². The Kier molecular flexibility index (Phi) is 13.6. The molecule has 2 rings (SSSR count). The van der Waals surface area contributed by atoms with Crippen LogP contribution in [0.3, 0.4) is 0 Å². The Bertz CT molecular complexity index is 1260. The lowest BCUT2D eigenvalue weighted by Crippen LogP contribution is -2.55. The monoisotopic (exact) mass is 629 g/mol. The highest BCUT2D eigenvalue weighted by Crippen LogP contribution is 2.26. The molecule has 0 aliphatic heterocycles. The van der Waals surface area contributed by atoms with Crippen LogP contribution in [0.4, 0.5) is 4.79 Å². The highest BCUT2D eigenvalue weighted by molar-refractivity contribution is 7.98. The van der Waals surface area contributed by atoms with Crippen molar-refractivity contribution >= 4 is 35.6 Å². The first-order valence-electron chi connectivity index (χ1n) is 14.7. The van der Waals surface area contributed by atoms with Gasteiger partial charge in [0, 0.05) is 13.0 Å². The number of rotatable bonds is 13. The van der Waals surface area contributed by atoms with E-state index in [-0.39, 0.29) is 18.7 Å². The first-order valence-corrected chi connectivity index (χ1v) is 16.1. The number of ether oxygens (including phenoxy) is 2. The van der Waals surface area contributed by atoms with Crippen molar-refractivity contribution in [2.24, 2.45) is 0 Å². The molecule has 0 aromatic heterocycles. The van der Waals surface area contributed by atoms with Crippen LogP contribution in [0.15, 0.2) is 54.6 Å². The molecule has 0 fully saturated rings. The number of alkyl carbamates (subject to hydrolysis) is 1. The topological polar surface area (TPSA) is 134 Å². The average Bonchev–Trinajstić information content (AvgIpc) is 2.91. The van der Waals surface area contributed by atoms with E-state index in [0.29, 0.717) is 17.7 Å². The van der Waals surface area contributed by atoms with Crippen molar-refractivity contribution < 1.29 is 33.8 Å². The molecule has 0 saturated carbocycles. The molecule has 10 nitrogen and oxygen atoms in total. The van der Waals surface area contributed by atoms with Crippen LogP contribution in [-0.2, 0) is 30.3 Å². The maximum absolute atomic E-state index is 14.2. The summed E-state index contributed by atoms with van der Waals surface area (Å²) in [5.74, 6) is -1.30. The van der Waals surface area contributed by atoms with E-state index in [1.165, 1.54) is 28.8 Å². The first kappa shape index (κ1) is 36.5. The molecule has 2 aromatic carbocycles. The number of nitrogens with zero attached hydrogens (tertiary/aromatic N) is 1. The van der Waals surface area contributed by atoms with Gasteiger partial charge in [0.05, 0.1) is 0 Å². The van der Waals surface area contributed by atoms with Gasteiger partial charge in [-0.2, -0.15) is 11.8 Å². The van der Waals surface area contributed by atoms with Crippen molar-refractivity contribution in [3.05, 3.63) is 65.7 Å². The summed E-state index contributed by atoms with van der Waals surface area (Å²) in [5, 5.41) is 15.8. The minimum Gasteiger partial charge on any atom is -0.508 e. The summed E-state index contributed by atoms with van der Waals surface area (Å²) in [6, 6.07) is 12.0. The molecule has 2 aromatic rings. The number of likely N-dealkylation sites (N-methyl/N-ethyl adjacent to an activating group) is 1. The normalized spacial score (nSPS) is 13.6. The summed E-state index contributed by atoms with van der Waals surface area (Å²) in [4.78, 5) is 55.6. The van der Waals surface area contributed by atoms with Crippen LogP contribution in [0.2, 0.25) is 0 Å². The number of esters is 1. The number of phenolic OH excluding ortho intramolecular Hbond substituents is 1. The molecule has 0 saturated heterocycles. The van der Waals surface area contributed by atoms with E-state index in [4.69, 9.17) is 9.47 Å². The largest absolute Gasteiger partial charge is 0.508 e. The number of aromatic hydroxyl groups is 1. The molecular formula is C33H47N3O7S. The molecule has 0 aliphatic carbocycles. The predicted octanol–water partition coefficient (Wildman–Crippen LogP) is 5.00. The van der Waals surface area contributed by atoms with Crippen molar-refractivity contribution in [1.82, 2.24) is 15.5 Å². The Hall–Kier alpha value is -3.73. The minimum atomic E-state index is -1.24.